The Morgan fingerprint density at radius 3 is 2.41 bits per heavy atom. The van der Waals surface area contributed by atoms with Crippen molar-refractivity contribution < 1.29 is 13.2 Å². The number of amides is 1. The second-order valence-electron chi connectivity index (χ2n) is 6.00. The molecule has 2 rings (SSSR count). The van der Waals surface area contributed by atoms with Gasteiger partial charge in [-0.05, 0) is 50.3 Å². The van der Waals surface area contributed by atoms with Crippen LogP contribution < -0.4 is 4.31 Å². The fraction of sp³-hybridized carbons (Fsp3) is 0.562. The van der Waals surface area contributed by atoms with Crippen molar-refractivity contribution in [2.75, 3.05) is 30.2 Å². The van der Waals surface area contributed by atoms with Crippen LogP contribution in [0, 0.1) is 13.8 Å². The van der Waals surface area contributed by atoms with Gasteiger partial charge in [0.1, 0.15) is 6.54 Å². The number of sulfonamides is 1. The van der Waals surface area contributed by atoms with Crippen molar-refractivity contribution in [3.05, 3.63) is 29.3 Å². The Bertz CT molecular complexity index is 649. The number of anilines is 1. The molecule has 1 saturated heterocycles. The average Bonchev–Trinajstić information content (AvgIpc) is 2.47. The number of aryl methyl sites for hydroxylation is 2. The summed E-state index contributed by atoms with van der Waals surface area (Å²) in [6.45, 7) is 5.10. The van der Waals surface area contributed by atoms with Crippen molar-refractivity contribution >= 4 is 21.6 Å². The maximum atomic E-state index is 12.4. The molecule has 1 amide bonds. The van der Waals surface area contributed by atoms with Crippen molar-refractivity contribution in [1.82, 2.24) is 4.90 Å². The first-order valence-electron chi connectivity index (χ1n) is 7.62. The maximum absolute atomic E-state index is 12.4. The maximum Gasteiger partial charge on any atom is 0.243 e. The Hall–Kier alpha value is -1.56. The van der Waals surface area contributed by atoms with Gasteiger partial charge < -0.3 is 4.90 Å². The van der Waals surface area contributed by atoms with Gasteiger partial charge in [-0.3, -0.25) is 9.10 Å². The van der Waals surface area contributed by atoms with Crippen molar-refractivity contribution in [1.29, 1.82) is 0 Å². The number of nitrogens with zero attached hydrogens (tertiary/aromatic N) is 2. The molecule has 0 bridgehead atoms. The molecular formula is C16H24N2O3S. The third-order valence-corrected chi connectivity index (χ3v) is 5.15. The van der Waals surface area contributed by atoms with E-state index >= 15 is 0 Å². The minimum Gasteiger partial charge on any atom is -0.341 e. The zero-order valence-corrected chi connectivity index (χ0v) is 14.3. The van der Waals surface area contributed by atoms with Crippen LogP contribution in [0.4, 0.5) is 5.69 Å². The molecule has 1 fully saturated rings. The van der Waals surface area contributed by atoms with Crippen LogP contribution >= 0.6 is 0 Å². The van der Waals surface area contributed by atoms with Gasteiger partial charge >= 0.3 is 0 Å². The highest BCUT2D eigenvalue weighted by Gasteiger charge is 2.25. The first-order chi connectivity index (χ1) is 10.3. The number of carbonyl (C=O) groups excluding carboxylic acids is 1. The fourth-order valence-electron chi connectivity index (χ4n) is 2.74. The van der Waals surface area contributed by atoms with Gasteiger partial charge in [0.2, 0.25) is 15.9 Å². The molecular weight excluding hydrogens is 300 g/mol. The summed E-state index contributed by atoms with van der Waals surface area (Å²) in [7, 11) is -3.51. The van der Waals surface area contributed by atoms with E-state index in [0.29, 0.717) is 5.69 Å². The van der Waals surface area contributed by atoms with Crippen molar-refractivity contribution in [2.24, 2.45) is 0 Å². The van der Waals surface area contributed by atoms with Crippen LogP contribution in [0.15, 0.2) is 18.2 Å². The first kappa shape index (κ1) is 16.8. The molecule has 0 unspecified atom stereocenters. The van der Waals surface area contributed by atoms with Gasteiger partial charge in [0.05, 0.1) is 11.9 Å². The van der Waals surface area contributed by atoms with Gasteiger partial charge in [-0.2, -0.15) is 0 Å². The third kappa shape index (κ3) is 4.00. The van der Waals surface area contributed by atoms with Crippen LogP contribution in [0.25, 0.3) is 0 Å². The van der Waals surface area contributed by atoms with Gasteiger partial charge in [-0.15, -0.1) is 0 Å². The van der Waals surface area contributed by atoms with E-state index in [4.69, 9.17) is 0 Å². The standard InChI is InChI=1S/C16H24N2O3S/c1-13-7-8-14(2)15(11-13)18(22(3,20)21)12-16(19)17-9-5-4-6-10-17/h7-8,11H,4-6,9-10,12H2,1-3H3. The minimum absolute atomic E-state index is 0.119. The second-order valence-corrected chi connectivity index (χ2v) is 7.91. The summed E-state index contributed by atoms with van der Waals surface area (Å²) in [5, 5.41) is 0. The van der Waals surface area contributed by atoms with E-state index in [1.807, 2.05) is 32.0 Å². The van der Waals surface area contributed by atoms with Crippen LogP contribution in [0.3, 0.4) is 0 Å². The molecule has 0 radical (unpaired) electrons. The zero-order valence-electron chi connectivity index (χ0n) is 13.5. The Balaban J connectivity index is 2.27. The number of benzene rings is 1. The summed E-state index contributed by atoms with van der Waals surface area (Å²) in [4.78, 5) is 14.2. The number of likely N-dealkylation sites (tertiary alicyclic amines) is 1. The molecule has 5 nitrogen and oxygen atoms in total. The molecule has 0 spiro atoms. The SMILES string of the molecule is Cc1ccc(C)c(N(CC(=O)N2CCCCC2)S(C)(=O)=O)c1. The Kier molecular flexibility index (Phi) is 5.11. The highest BCUT2D eigenvalue weighted by Crippen LogP contribution is 2.24. The fourth-order valence-corrected chi connectivity index (χ4v) is 3.63. The Morgan fingerprint density at radius 2 is 1.82 bits per heavy atom. The van der Waals surface area contributed by atoms with E-state index in [1.165, 1.54) is 4.31 Å². The zero-order chi connectivity index (χ0) is 16.3. The van der Waals surface area contributed by atoms with Crippen molar-refractivity contribution in [2.45, 2.75) is 33.1 Å². The van der Waals surface area contributed by atoms with E-state index in [9.17, 15) is 13.2 Å². The van der Waals surface area contributed by atoms with Crippen LogP contribution in [-0.4, -0.2) is 45.1 Å². The third-order valence-electron chi connectivity index (χ3n) is 4.02. The predicted octanol–water partition coefficient (Wildman–Crippen LogP) is 2.08. The molecule has 0 saturated carbocycles. The highest BCUT2D eigenvalue weighted by molar-refractivity contribution is 7.92. The summed E-state index contributed by atoms with van der Waals surface area (Å²) in [5.74, 6) is -0.119. The van der Waals surface area contributed by atoms with Gasteiger partial charge in [-0.1, -0.05) is 12.1 Å². The van der Waals surface area contributed by atoms with Gasteiger partial charge in [0.15, 0.2) is 0 Å². The molecule has 0 atom stereocenters. The monoisotopic (exact) mass is 324 g/mol. The van der Waals surface area contributed by atoms with E-state index in [0.717, 1.165) is 49.7 Å². The quantitative estimate of drug-likeness (QED) is 0.852. The molecule has 122 valence electrons. The average molecular weight is 324 g/mol. The minimum atomic E-state index is -3.51. The molecule has 1 aromatic carbocycles. The molecule has 1 aliphatic rings. The Morgan fingerprint density at radius 1 is 1.18 bits per heavy atom. The molecule has 0 aliphatic carbocycles. The first-order valence-corrected chi connectivity index (χ1v) is 9.46. The Labute approximate surface area is 133 Å². The van der Waals surface area contributed by atoms with Gasteiger partial charge in [0.25, 0.3) is 0 Å². The molecule has 22 heavy (non-hydrogen) atoms. The predicted molar refractivity (Wildman–Crippen MR) is 88.5 cm³/mol. The normalized spacial score (nSPS) is 15.7. The lowest BCUT2D eigenvalue weighted by atomic mass is 10.1. The van der Waals surface area contributed by atoms with Crippen molar-refractivity contribution in [3.8, 4) is 0 Å². The lowest BCUT2D eigenvalue weighted by molar-refractivity contribution is -0.130. The molecule has 0 N–H and O–H groups in total. The summed E-state index contributed by atoms with van der Waals surface area (Å²) >= 11 is 0. The number of piperidine rings is 1. The van der Waals surface area contributed by atoms with E-state index in [2.05, 4.69) is 0 Å². The second kappa shape index (κ2) is 6.69. The lowest BCUT2D eigenvalue weighted by Crippen LogP contribution is -2.44. The number of carbonyl (C=O) groups is 1. The number of hydrogen-bond acceptors (Lipinski definition) is 3. The number of hydrogen-bond donors (Lipinski definition) is 0. The summed E-state index contributed by atoms with van der Waals surface area (Å²) < 4.78 is 25.6. The van der Waals surface area contributed by atoms with Crippen LogP contribution in [0.2, 0.25) is 0 Å². The highest BCUT2D eigenvalue weighted by atomic mass is 32.2. The molecule has 1 aliphatic heterocycles. The summed E-state index contributed by atoms with van der Waals surface area (Å²) in [6.07, 6.45) is 4.27. The summed E-state index contributed by atoms with van der Waals surface area (Å²) in [5.41, 5.74) is 2.41. The van der Waals surface area contributed by atoms with Gasteiger partial charge in [0, 0.05) is 13.1 Å². The van der Waals surface area contributed by atoms with E-state index in [-0.39, 0.29) is 12.5 Å². The largest absolute Gasteiger partial charge is 0.341 e. The lowest BCUT2D eigenvalue weighted by Gasteiger charge is -2.30. The molecule has 1 aromatic rings. The van der Waals surface area contributed by atoms with Crippen LogP contribution in [0.5, 0.6) is 0 Å². The topological polar surface area (TPSA) is 57.7 Å². The van der Waals surface area contributed by atoms with Crippen molar-refractivity contribution in [3.63, 3.8) is 0 Å². The molecule has 1 heterocycles. The van der Waals surface area contributed by atoms with Crippen LogP contribution in [-0.2, 0) is 14.8 Å². The van der Waals surface area contributed by atoms with Gasteiger partial charge in [-0.25, -0.2) is 8.42 Å². The van der Waals surface area contributed by atoms with E-state index < -0.39 is 10.0 Å². The molecule has 6 heteroatoms. The molecule has 0 aromatic heterocycles. The smallest absolute Gasteiger partial charge is 0.243 e. The van der Waals surface area contributed by atoms with E-state index in [1.54, 1.807) is 4.90 Å². The van der Waals surface area contributed by atoms with Crippen LogP contribution in [0.1, 0.15) is 30.4 Å². The summed E-state index contributed by atoms with van der Waals surface area (Å²) in [6, 6.07) is 5.64. The number of rotatable bonds is 4.